The normalized spacial score (nSPS) is 11.7. The van der Waals surface area contributed by atoms with Crippen LogP contribution in [0.5, 0.6) is 0 Å². The first-order valence-electron chi connectivity index (χ1n) is 7.33. The Morgan fingerprint density at radius 1 is 1.24 bits per heavy atom. The van der Waals surface area contributed by atoms with E-state index >= 15 is 0 Å². The Morgan fingerprint density at radius 3 is 2.56 bits per heavy atom. The molecule has 3 rings (SSSR count). The number of nitrogens with one attached hydrogen (secondary N) is 2. The van der Waals surface area contributed by atoms with Gasteiger partial charge in [0.05, 0.1) is 22.1 Å². The Hall–Kier alpha value is -3.04. The molecule has 0 amide bonds. The Balaban J connectivity index is 2.07. The maximum atomic E-state index is 12.5. The Bertz CT molecular complexity index is 963. The molecule has 3 aromatic rings. The van der Waals surface area contributed by atoms with Crippen molar-refractivity contribution in [3.8, 4) is 0 Å². The molecule has 0 bridgehead atoms. The van der Waals surface area contributed by atoms with Gasteiger partial charge in [0.1, 0.15) is 18.0 Å². The zero-order valence-electron chi connectivity index (χ0n) is 13.4. The lowest BCUT2D eigenvalue weighted by atomic mass is 10.3. The molecule has 0 saturated heterocycles. The SMILES string of the molecule is Cc1cc(=Nc2nc(NCC(F)(F)F)c3cc[nH]c3n2)cc(C)n1O. The number of alkyl halides is 3. The molecule has 0 atom stereocenters. The Kier molecular flexibility index (Phi) is 4.11. The molecule has 0 aliphatic rings. The average molecular weight is 352 g/mol. The van der Waals surface area contributed by atoms with Crippen molar-refractivity contribution in [2.75, 3.05) is 11.9 Å². The molecule has 0 saturated carbocycles. The van der Waals surface area contributed by atoms with Gasteiger partial charge in [-0.3, -0.25) is 0 Å². The molecule has 0 radical (unpaired) electrons. The van der Waals surface area contributed by atoms with E-state index in [1.165, 1.54) is 0 Å². The number of nitrogens with zero attached hydrogens (tertiary/aromatic N) is 4. The van der Waals surface area contributed by atoms with Crippen molar-refractivity contribution in [1.29, 1.82) is 0 Å². The number of anilines is 1. The van der Waals surface area contributed by atoms with E-state index in [-0.39, 0.29) is 11.8 Å². The van der Waals surface area contributed by atoms with Crippen LogP contribution in [0.15, 0.2) is 29.4 Å². The summed E-state index contributed by atoms with van der Waals surface area (Å²) in [4.78, 5) is 15.4. The minimum Gasteiger partial charge on any atom is -0.428 e. The number of hydrogen-bond acceptors (Lipinski definition) is 5. The third-order valence-corrected chi connectivity index (χ3v) is 3.47. The molecule has 0 aliphatic carbocycles. The monoisotopic (exact) mass is 352 g/mol. The van der Waals surface area contributed by atoms with Gasteiger partial charge >= 0.3 is 6.18 Å². The van der Waals surface area contributed by atoms with Crippen LogP contribution in [0.4, 0.5) is 24.9 Å². The van der Waals surface area contributed by atoms with E-state index < -0.39 is 12.7 Å². The van der Waals surface area contributed by atoms with Crippen LogP contribution in [-0.4, -0.2) is 37.6 Å². The quantitative estimate of drug-likeness (QED) is 0.632. The van der Waals surface area contributed by atoms with Crippen molar-refractivity contribution in [1.82, 2.24) is 19.7 Å². The zero-order chi connectivity index (χ0) is 18.2. The summed E-state index contributed by atoms with van der Waals surface area (Å²) in [6.07, 6.45) is -2.80. The first-order valence-corrected chi connectivity index (χ1v) is 7.33. The first kappa shape index (κ1) is 16.8. The van der Waals surface area contributed by atoms with Crippen LogP contribution in [0.25, 0.3) is 11.0 Å². The summed E-state index contributed by atoms with van der Waals surface area (Å²) in [7, 11) is 0. The van der Waals surface area contributed by atoms with Crippen molar-refractivity contribution in [2.24, 2.45) is 4.99 Å². The molecule has 3 N–H and O–H groups in total. The largest absolute Gasteiger partial charge is 0.428 e. The van der Waals surface area contributed by atoms with Crippen molar-refractivity contribution >= 4 is 22.8 Å². The number of H-pyrrole nitrogens is 1. The third-order valence-electron chi connectivity index (χ3n) is 3.47. The smallest absolute Gasteiger partial charge is 0.405 e. The molecule has 0 spiro atoms. The lowest BCUT2D eigenvalue weighted by molar-refractivity contribution is -0.115. The maximum Gasteiger partial charge on any atom is 0.405 e. The fourth-order valence-corrected chi connectivity index (χ4v) is 2.35. The van der Waals surface area contributed by atoms with Crippen LogP contribution < -0.4 is 10.7 Å². The molecule has 132 valence electrons. The van der Waals surface area contributed by atoms with Crippen LogP contribution >= 0.6 is 0 Å². The minimum absolute atomic E-state index is 0.00844. The molecule has 0 aliphatic heterocycles. The highest BCUT2D eigenvalue weighted by molar-refractivity contribution is 5.87. The standard InChI is InChI=1S/C15H15F3N6O/c1-8-5-10(6-9(2)24(8)25)21-14-22-12-11(3-4-19-12)13(23-14)20-7-15(16,17)18/h3-6,25H,7H2,1-2H3,(H2,19,20,22,23). The van der Waals surface area contributed by atoms with Crippen LogP contribution in [0.2, 0.25) is 0 Å². The van der Waals surface area contributed by atoms with Crippen molar-refractivity contribution in [3.05, 3.63) is 41.1 Å². The summed E-state index contributed by atoms with van der Waals surface area (Å²) in [5.74, 6) is 0.0537. The van der Waals surface area contributed by atoms with Gasteiger partial charge in [0, 0.05) is 6.20 Å². The number of aromatic amines is 1. The van der Waals surface area contributed by atoms with Crippen molar-refractivity contribution in [3.63, 3.8) is 0 Å². The molecule has 0 fully saturated rings. The van der Waals surface area contributed by atoms with Crippen LogP contribution in [0.1, 0.15) is 11.4 Å². The van der Waals surface area contributed by atoms with Gasteiger partial charge in [-0.1, -0.05) is 0 Å². The van der Waals surface area contributed by atoms with Gasteiger partial charge < -0.3 is 15.5 Å². The minimum atomic E-state index is -4.37. The molecule has 0 unspecified atom stereocenters. The summed E-state index contributed by atoms with van der Waals surface area (Å²) >= 11 is 0. The predicted molar refractivity (Wildman–Crippen MR) is 84.7 cm³/mol. The van der Waals surface area contributed by atoms with E-state index in [0.717, 1.165) is 4.73 Å². The third kappa shape index (κ3) is 3.73. The lowest BCUT2D eigenvalue weighted by Crippen LogP contribution is -2.22. The Labute approximate surface area is 139 Å². The number of aromatic nitrogens is 4. The summed E-state index contributed by atoms with van der Waals surface area (Å²) < 4.78 is 38.4. The first-order chi connectivity index (χ1) is 11.7. The van der Waals surface area contributed by atoms with E-state index in [1.807, 2.05) is 0 Å². The highest BCUT2D eigenvalue weighted by atomic mass is 19.4. The fraction of sp³-hybridized carbons (Fsp3) is 0.267. The predicted octanol–water partition coefficient (Wildman–Crippen LogP) is 2.82. The number of fused-ring (bicyclic) bond motifs is 1. The second-order valence-corrected chi connectivity index (χ2v) is 5.50. The number of halogens is 3. The van der Waals surface area contributed by atoms with E-state index in [2.05, 4.69) is 25.3 Å². The van der Waals surface area contributed by atoms with Crippen LogP contribution in [0.3, 0.4) is 0 Å². The second kappa shape index (κ2) is 6.11. The topological polar surface area (TPSA) is 91.1 Å². The molecule has 3 heterocycles. The number of rotatable bonds is 3. The van der Waals surface area contributed by atoms with Gasteiger partial charge in [-0.25, -0.2) is 4.99 Å². The molecular weight excluding hydrogens is 337 g/mol. The summed E-state index contributed by atoms with van der Waals surface area (Å²) in [5, 5.41) is 12.9. The van der Waals surface area contributed by atoms with Crippen molar-refractivity contribution in [2.45, 2.75) is 20.0 Å². The average Bonchev–Trinajstić information content (AvgIpc) is 2.98. The van der Waals surface area contributed by atoms with E-state index in [0.29, 0.717) is 27.8 Å². The van der Waals surface area contributed by atoms with Gasteiger partial charge in [0.15, 0.2) is 0 Å². The van der Waals surface area contributed by atoms with Crippen LogP contribution in [0, 0.1) is 13.8 Å². The number of pyridine rings is 1. The summed E-state index contributed by atoms with van der Waals surface area (Å²) in [6.45, 7) is 2.17. The molecule has 10 heteroatoms. The van der Waals surface area contributed by atoms with Gasteiger partial charge in [0.25, 0.3) is 5.95 Å². The van der Waals surface area contributed by atoms with E-state index in [4.69, 9.17) is 0 Å². The Morgan fingerprint density at radius 2 is 1.92 bits per heavy atom. The maximum absolute atomic E-state index is 12.5. The highest BCUT2D eigenvalue weighted by Gasteiger charge is 2.27. The molecule has 3 aromatic heterocycles. The van der Waals surface area contributed by atoms with E-state index in [1.54, 1.807) is 38.2 Å². The zero-order valence-corrected chi connectivity index (χ0v) is 13.4. The highest BCUT2D eigenvalue weighted by Crippen LogP contribution is 2.24. The molecule has 0 aromatic carbocycles. The number of hydrogen-bond donors (Lipinski definition) is 3. The van der Waals surface area contributed by atoms with Gasteiger partial charge in [0.2, 0.25) is 0 Å². The van der Waals surface area contributed by atoms with Gasteiger partial charge in [-0.2, -0.15) is 27.9 Å². The number of aryl methyl sites for hydroxylation is 2. The summed E-state index contributed by atoms with van der Waals surface area (Å²) in [6, 6.07) is 4.81. The molecule has 25 heavy (non-hydrogen) atoms. The van der Waals surface area contributed by atoms with E-state index in [9.17, 15) is 18.4 Å². The fourth-order valence-electron chi connectivity index (χ4n) is 2.35. The van der Waals surface area contributed by atoms with Gasteiger partial charge in [-0.15, -0.1) is 0 Å². The van der Waals surface area contributed by atoms with Crippen LogP contribution in [-0.2, 0) is 0 Å². The molecular formula is C15H15F3N6O. The van der Waals surface area contributed by atoms with Gasteiger partial charge in [-0.05, 0) is 32.0 Å². The van der Waals surface area contributed by atoms with Crippen molar-refractivity contribution < 1.29 is 18.4 Å². The summed E-state index contributed by atoms with van der Waals surface area (Å²) in [5.41, 5.74) is 1.48. The lowest BCUT2D eigenvalue weighted by Gasteiger charge is -2.10. The molecule has 7 nitrogen and oxygen atoms in total. The second-order valence-electron chi connectivity index (χ2n) is 5.50.